The number of aliphatic carboxylic acids is 1. The third kappa shape index (κ3) is 2.30. The normalized spacial score (nSPS) is 19.3. The summed E-state index contributed by atoms with van der Waals surface area (Å²) in [7, 11) is 0. The Labute approximate surface area is 106 Å². The molecule has 1 saturated heterocycles. The van der Waals surface area contributed by atoms with Crippen molar-refractivity contribution in [3.63, 3.8) is 0 Å². The van der Waals surface area contributed by atoms with Crippen LogP contribution in [-0.2, 0) is 9.59 Å². The average Bonchev–Trinajstić information content (AvgIpc) is 2.55. The van der Waals surface area contributed by atoms with Crippen molar-refractivity contribution in [3.05, 3.63) is 24.3 Å². The van der Waals surface area contributed by atoms with Gasteiger partial charge in [0.1, 0.15) is 11.0 Å². The molecule has 0 saturated carbocycles. The van der Waals surface area contributed by atoms with Gasteiger partial charge in [-0.2, -0.15) is 0 Å². The lowest BCUT2D eigenvalue weighted by atomic mass is 10.2. The van der Waals surface area contributed by atoms with Crippen molar-refractivity contribution in [1.29, 1.82) is 0 Å². The van der Waals surface area contributed by atoms with Gasteiger partial charge in [0.15, 0.2) is 0 Å². The van der Waals surface area contributed by atoms with E-state index < -0.39 is 22.4 Å². The molecule has 1 atom stereocenters. The molecule has 0 aromatic heterocycles. The molecule has 18 heavy (non-hydrogen) atoms. The third-order valence-electron chi connectivity index (χ3n) is 2.39. The van der Waals surface area contributed by atoms with Gasteiger partial charge in [0.05, 0.1) is 12.1 Å². The van der Waals surface area contributed by atoms with Crippen LogP contribution in [0, 0.1) is 0 Å². The van der Waals surface area contributed by atoms with E-state index >= 15 is 0 Å². The number of phenolic OH excluding ortho intramolecular Hbond substituents is 1. The molecule has 1 aromatic carbocycles. The molecule has 2 rings (SSSR count). The number of aromatic hydroxyl groups is 1. The van der Waals surface area contributed by atoms with Crippen LogP contribution in [0.15, 0.2) is 24.3 Å². The SMILES string of the molecule is O=C(O)CC1SC(=O)N(c2ccc(O)cc2)C1=O. The predicted molar refractivity (Wildman–Crippen MR) is 64.6 cm³/mol. The van der Waals surface area contributed by atoms with Gasteiger partial charge in [-0.25, -0.2) is 4.90 Å². The number of hydrogen-bond donors (Lipinski definition) is 2. The van der Waals surface area contributed by atoms with Crippen molar-refractivity contribution in [2.75, 3.05) is 4.90 Å². The van der Waals surface area contributed by atoms with E-state index in [4.69, 9.17) is 10.2 Å². The van der Waals surface area contributed by atoms with Crippen LogP contribution in [0.2, 0.25) is 0 Å². The van der Waals surface area contributed by atoms with Gasteiger partial charge >= 0.3 is 5.97 Å². The highest BCUT2D eigenvalue weighted by Gasteiger charge is 2.41. The van der Waals surface area contributed by atoms with E-state index in [1.54, 1.807) is 0 Å². The van der Waals surface area contributed by atoms with Gasteiger partial charge in [0.2, 0.25) is 5.91 Å². The molecule has 0 spiro atoms. The zero-order valence-electron chi connectivity index (χ0n) is 9.07. The van der Waals surface area contributed by atoms with Crippen LogP contribution in [0.4, 0.5) is 10.5 Å². The van der Waals surface area contributed by atoms with Gasteiger partial charge in [-0.15, -0.1) is 0 Å². The second-order valence-electron chi connectivity index (χ2n) is 3.66. The minimum Gasteiger partial charge on any atom is -0.508 e. The molecule has 1 fully saturated rings. The van der Waals surface area contributed by atoms with E-state index in [2.05, 4.69) is 0 Å². The van der Waals surface area contributed by atoms with Crippen molar-refractivity contribution < 1.29 is 24.6 Å². The molecular weight excluding hydrogens is 258 g/mol. The Morgan fingerprint density at radius 2 is 1.89 bits per heavy atom. The molecule has 2 amide bonds. The van der Waals surface area contributed by atoms with Crippen molar-refractivity contribution in [3.8, 4) is 5.75 Å². The number of hydrogen-bond acceptors (Lipinski definition) is 5. The minimum absolute atomic E-state index is 0.0209. The summed E-state index contributed by atoms with van der Waals surface area (Å²) >= 11 is 0.703. The number of amides is 2. The lowest BCUT2D eigenvalue weighted by molar-refractivity contribution is -0.138. The lowest BCUT2D eigenvalue weighted by Crippen LogP contribution is -2.32. The molecule has 0 radical (unpaired) electrons. The highest BCUT2D eigenvalue weighted by Crippen LogP contribution is 2.33. The molecule has 1 unspecified atom stereocenters. The summed E-state index contributed by atoms with van der Waals surface area (Å²) in [5.74, 6) is -1.65. The highest BCUT2D eigenvalue weighted by molar-refractivity contribution is 8.15. The molecular formula is C11H9NO5S. The molecule has 6 nitrogen and oxygen atoms in total. The Kier molecular flexibility index (Phi) is 3.24. The molecule has 1 heterocycles. The van der Waals surface area contributed by atoms with E-state index in [9.17, 15) is 14.4 Å². The number of anilines is 1. The fourth-order valence-corrected chi connectivity index (χ4v) is 2.56. The second kappa shape index (κ2) is 4.69. The third-order valence-corrected chi connectivity index (χ3v) is 3.43. The molecule has 1 aromatic rings. The maximum absolute atomic E-state index is 11.9. The van der Waals surface area contributed by atoms with Gasteiger partial charge in [0, 0.05) is 0 Å². The molecule has 94 valence electrons. The molecule has 1 aliphatic heterocycles. The van der Waals surface area contributed by atoms with Gasteiger partial charge in [0.25, 0.3) is 5.24 Å². The van der Waals surface area contributed by atoms with Crippen molar-refractivity contribution in [1.82, 2.24) is 0 Å². The smallest absolute Gasteiger partial charge is 0.305 e. The lowest BCUT2D eigenvalue weighted by Gasteiger charge is -2.13. The predicted octanol–water partition coefficient (Wildman–Crippen LogP) is 1.44. The largest absolute Gasteiger partial charge is 0.508 e. The maximum Gasteiger partial charge on any atom is 0.305 e. The first-order valence-electron chi connectivity index (χ1n) is 5.04. The Hall–Kier alpha value is -2.02. The minimum atomic E-state index is -1.12. The van der Waals surface area contributed by atoms with Crippen molar-refractivity contribution in [2.45, 2.75) is 11.7 Å². The first-order chi connectivity index (χ1) is 8.49. The van der Waals surface area contributed by atoms with Crippen LogP contribution >= 0.6 is 11.8 Å². The Bertz CT molecular complexity index is 513. The van der Waals surface area contributed by atoms with Crippen LogP contribution in [-0.4, -0.2) is 32.6 Å². The monoisotopic (exact) mass is 267 g/mol. The number of carbonyl (C=O) groups is 3. The van der Waals surface area contributed by atoms with E-state index in [1.807, 2.05) is 0 Å². The Balaban J connectivity index is 2.24. The van der Waals surface area contributed by atoms with E-state index in [0.717, 1.165) is 4.90 Å². The average molecular weight is 267 g/mol. The van der Waals surface area contributed by atoms with Gasteiger partial charge in [-0.1, -0.05) is 0 Å². The Morgan fingerprint density at radius 3 is 2.44 bits per heavy atom. The number of benzene rings is 1. The highest BCUT2D eigenvalue weighted by atomic mass is 32.2. The summed E-state index contributed by atoms with van der Waals surface area (Å²) in [4.78, 5) is 35.1. The molecule has 0 bridgehead atoms. The van der Waals surface area contributed by atoms with Crippen LogP contribution in [0.1, 0.15) is 6.42 Å². The fourth-order valence-electron chi connectivity index (χ4n) is 1.58. The van der Waals surface area contributed by atoms with Crippen LogP contribution in [0.5, 0.6) is 5.75 Å². The zero-order chi connectivity index (χ0) is 13.3. The van der Waals surface area contributed by atoms with Crippen LogP contribution in [0.3, 0.4) is 0 Å². The van der Waals surface area contributed by atoms with E-state index in [1.165, 1.54) is 24.3 Å². The number of imide groups is 1. The second-order valence-corrected chi connectivity index (χ2v) is 4.81. The maximum atomic E-state index is 11.9. The summed E-state index contributed by atoms with van der Waals surface area (Å²) in [5.41, 5.74) is 0.322. The molecule has 0 aliphatic carbocycles. The van der Waals surface area contributed by atoms with Gasteiger partial charge < -0.3 is 10.2 Å². The number of nitrogens with zero attached hydrogens (tertiary/aromatic N) is 1. The Morgan fingerprint density at radius 1 is 1.28 bits per heavy atom. The molecule has 7 heteroatoms. The number of carbonyl (C=O) groups excluding carboxylic acids is 2. The van der Waals surface area contributed by atoms with E-state index in [0.29, 0.717) is 17.4 Å². The van der Waals surface area contributed by atoms with Gasteiger partial charge in [-0.05, 0) is 36.0 Å². The topological polar surface area (TPSA) is 94.9 Å². The van der Waals surface area contributed by atoms with Crippen molar-refractivity contribution in [2.24, 2.45) is 0 Å². The van der Waals surface area contributed by atoms with E-state index in [-0.39, 0.29) is 12.2 Å². The van der Waals surface area contributed by atoms with Gasteiger partial charge in [-0.3, -0.25) is 14.4 Å². The number of carboxylic acid groups (broad SMARTS) is 1. The summed E-state index contributed by atoms with van der Waals surface area (Å²) < 4.78 is 0. The quantitative estimate of drug-likeness (QED) is 0.860. The van der Waals surface area contributed by atoms with Crippen LogP contribution in [0.25, 0.3) is 0 Å². The summed E-state index contributed by atoms with van der Waals surface area (Å²) in [6, 6.07) is 5.56. The first kappa shape index (κ1) is 12.4. The fraction of sp³-hybridized carbons (Fsp3) is 0.182. The van der Waals surface area contributed by atoms with Crippen LogP contribution < -0.4 is 4.90 Å². The number of rotatable bonds is 3. The summed E-state index contributed by atoms with van der Waals surface area (Å²) in [6.07, 6.45) is -0.385. The molecule has 2 N–H and O–H groups in total. The molecule has 1 aliphatic rings. The first-order valence-corrected chi connectivity index (χ1v) is 5.92. The number of phenols is 1. The number of carboxylic acids is 1. The number of thioether (sulfide) groups is 1. The summed E-state index contributed by atoms with van der Waals surface area (Å²) in [5, 5.41) is 16.4. The van der Waals surface area contributed by atoms with Crippen molar-refractivity contribution >= 4 is 34.6 Å². The summed E-state index contributed by atoms with van der Waals surface area (Å²) in [6.45, 7) is 0. The standard InChI is InChI=1S/C11H9NO5S/c13-7-3-1-6(2-4-7)12-10(16)8(5-9(14)15)18-11(12)17/h1-4,8,13H,5H2,(H,14,15). The zero-order valence-corrected chi connectivity index (χ0v) is 9.88.